The molecule has 0 amide bonds. The summed E-state index contributed by atoms with van der Waals surface area (Å²) in [5.41, 5.74) is 1.89. The summed E-state index contributed by atoms with van der Waals surface area (Å²) in [4.78, 5) is 4.31. The standard InChI is InChI=1S/C12H8Cl2N2O/c1-7-3-2-4-8-11(14)15-12(16(7)8)9-5-6-10(13)17-9/h2-6H,1H3. The number of imidazole rings is 1. The van der Waals surface area contributed by atoms with Crippen molar-refractivity contribution in [2.24, 2.45) is 0 Å². The van der Waals surface area contributed by atoms with E-state index >= 15 is 0 Å². The summed E-state index contributed by atoms with van der Waals surface area (Å²) in [5.74, 6) is 1.27. The molecular formula is C12H8Cl2N2O. The zero-order chi connectivity index (χ0) is 12.0. The Bertz CT molecular complexity index is 700. The van der Waals surface area contributed by atoms with Crippen LogP contribution < -0.4 is 0 Å². The normalized spacial score (nSPS) is 11.2. The van der Waals surface area contributed by atoms with Crippen molar-refractivity contribution in [2.75, 3.05) is 0 Å². The Morgan fingerprint density at radius 3 is 2.71 bits per heavy atom. The van der Waals surface area contributed by atoms with Gasteiger partial charge in [-0.25, -0.2) is 4.98 Å². The molecule has 5 heteroatoms. The quantitative estimate of drug-likeness (QED) is 0.661. The van der Waals surface area contributed by atoms with Gasteiger partial charge >= 0.3 is 0 Å². The second-order valence-electron chi connectivity index (χ2n) is 3.72. The van der Waals surface area contributed by atoms with E-state index in [4.69, 9.17) is 27.6 Å². The number of aryl methyl sites for hydroxylation is 1. The fourth-order valence-corrected chi connectivity index (χ4v) is 2.23. The molecule has 0 aliphatic heterocycles. The first-order valence-corrected chi connectivity index (χ1v) is 5.81. The number of rotatable bonds is 1. The van der Waals surface area contributed by atoms with Crippen LogP contribution in [0, 0.1) is 6.92 Å². The average molecular weight is 267 g/mol. The third kappa shape index (κ3) is 1.63. The zero-order valence-electron chi connectivity index (χ0n) is 8.95. The van der Waals surface area contributed by atoms with Gasteiger partial charge in [0.15, 0.2) is 22.0 Å². The van der Waals surface area contributed by atoms with Crippen LogP contribution in [0.25, 0.3) is 17.1 Å². The first-order valence-electron chi connectivity index (χ1n) is 5.06. The Labute approximate surface area is 108 Å². The Morgan fingerprint density at radius 1 is 1.18 bits per heavy atom. The first kappa shape index (κ1) is 10.7. The first-order chi connectivity index (χ1) is 8.16. The number of halogens is 2. The zero-order valence-corrected chi connectivity index (χ0v) is 10.5. The van der Waals surface area contributed by atoms with E-state index < -0.39 is 0 Å². The molecule has 3 nitrogen and oxygen atoms in total. The van der Waals surface area contributed by atoms with Crippen LogP contribution in [-0.2, 0) is 0 Å². The molecule has 0 N–H and O–H groups in total. The Balaban J connectivity index is 2.37. The smallest absolute Gasteiger partial charge is 0.194 e. The van der Waals surface area contributed by atoms with Crippen LogP contribution in [0.5, 0.6) is 0 Å². The van der Waals surface area contributed by atoms with E-state index in [1.54, 1.807) is 12.1 Å². The van der Waals surface area contributed by atoms with Crippen LogP contribution >= 0.6 is 23.2 Å². The molecule has 86 valence electrons. The van der Waals surface area contributed by atoms with Gasteiger partial charge in [-0.15, -0.1) is 0 Å². The Kier molecular flexibility index (Phi) is 2.38. The van der Waals surface area contributed by atoms with E-state index in [9.17, 15) is 0 Å². The molecule has 0 radical (unpaired) electrons. The van der Waals surface area contributed by atoms with Crippen molar-refractivity contribution >= 4 is 28.7 Å². The summed E-state index contributed by atoms with van der Waals surface area (Å²) in [5, 5.41) is 0.790. The van der Waals surface area contributed by atoms with E-state index in [-0.39, 0.29) is 0 Å². The highest BCUT2D eigenvalue weighted by Gasteiger charge is 2.15. The highest BCUT2D eigenvalue weighted by Crippen LogP contribution is 2.29. The predicted molar refractivity (Wildman–Crippen MR) is 67.7 cm³/mol. The van der Waals surface area contributed by atoms with Crippen LogP contribution in [-0.4, -0.2) is 9.38 Å². The highest BCUT2D eigenvalue weighted by molar-refractivity contribution is 6.33. The molecule has 3 aromatic rings. The monoisotopic (exact) mass is 266 g/mol. The molecule has 3 aromatic heterocycles. The van der Waals surface area contributed by atoms with E-state index in [2.05, 4.69) is 4.98 Å². The molecule has 0 spiro atoms. The maximum Gasteiger partial charge on any atom is 0.194 e. The Morgan fingerprint density at radius 2 is 2.00 bits per heavy atom. The molecule has 0 saturated heterocycles. The van der Waals surface area contributed by atoms with Crippen LogP contribution in [0.1, 0.15) is 5.69 Å². The number of fused-ring (bicyclic) bond motifs is 1. The molecule has 0 saturated carbocycles. The molecule has 0 atom stereocenters. The lowest BCUT2D eigenvalue weighted by Gasteiger charge is -2.02. The van der Waals surface area contributed by atoms with E-state index in [1.165, 1.54) is 0 Å². The van der Waals surface area contributed by atoms with Gasteiger partial charge in [0.2, 0.25) is 0 Å². The van der Waals surface area contributed by atoms with Crippen molar-refractivity contribution in [3.05, 3.63) is 46.4 Å². The Hall–Kier alpha value is -1.45. The van der Waals surface area contributed by atoms with Gasteiger partial charge in [-0.05, 0) is 42.8 Å². The molecule has 0 bridgehead atoms. The molecule has 0 aromatic carbocycles. The molecule has 3 heterocycles. The van der Waals surface area contributed by atoms with Gasteiger partial charge in [-0.2, -0.15) is 0 Å². The van der Waals surface area contributed by atoms with Gasteiger partial charge in [0, 0.05) is 5.69 Å². The van der Waals surface area contributed by atoms with Crippen molar-refractivity contribution in [3.63, 3.8) is 0 Å². The van der Waals surface area contributed by atoms with E-state index in [1.807, 2.05) is 29.5 Å². The minimum atomic E-state index is 0.335. The fraction of sp³-hybridized carbons (Fsp3) is 0.0833. The van der Waals surface area contributed by atoms with Crippen LogP contribution in [0.15, 0.2) is 34.7 Å². The molecule has 17 heavy (non-hydrogen) atoms. The van der Waals surface area contributed by atoms with Crippen LogP contribution in [0.2, 0.25) is 10.4 Å². The third-order valence-electron chi connectivity index (χ3n) is 2.61. The van der Waals surface area contributed by atoms with Crippen molar-refractivity contribution in [3.8, 4) is 11.6 Å². The molecule has 3 rings (SSSR count). The summed E-state index contributed by atoms with van der Waals surface area (Å²) in [7, 11) is 0. The average Bonchev–Trinajstić information content (AvgIpc) is 2.85. The van der Waals surface area contributed by atoms with Crippen molar-refractivity contribution in [1.82, 2.24) is 9.38 Å². The molecule has 0 fully saturated rings. The summed E-state index contributed by atoms with van der Waals surface area (Å²) in [6.07, 6.45) is 0. The van der Waals surface area contributed by atoms with Gasteiger partial charge in [-0.1, -0.05) is 17.7 Å². The SMILES string of the molecule is Cc1cccc2c(Cl)nc(-c3ccc(Cl)o3)n12. The van der Waals surface area contributed by atoms with Crippen LogP contribution in [0.4, 0.5) is 0 Å². The van der Waals surface area contributed by atoms with Crippen molar-refractivity contribution in [2.45, 2.75) is 6.92 Å². The second kappa shape index (κ2) is 3.79. The molecule has 0 aliphatic rings. The predicted octanol–water partition coefficient (Wildman–Crippen LogP) is 4.21. The van der Waals surface area contributed by atoms with Gasteiger partial charge in [0.1, 0.15) is 0 Å². The number of aromatic nitrogens is 2. The number of pyridine rings is 1. The number of furan rings is 1. The lowest BCUT2D eigenvalue weighted by molar-refractivity contribution is 0.578. The van der Waals surface area contributed by atoms with Gasteiger partial charge in [0.05, 0.1) is 5.52 Å². The summed E-state index contributed by atoms with van der Waals surface area (Å²) in [6.45, 7) is 1.99. The molecule has 0 aliphatic carbocycles. The van der Waals surface area contributed by atoms with E-state index in [0.717, 1.165) is 11.2 Å². The van der Waals surface area contributed by atoms with Crippen molar-refractivity contribution < 1.29 is 4.42 Å². The van der Waals surface area contributed by atoms with Crippen molar-refractivity contribution in [1.29, 1.82) is 0 Å². The third-order valence-corrected chi connectivity index (χ3v) is 3.09. The van der Waals surface area contributed by atoms with Gasteiger partial charge in [0.25, 0.3) is 0 Å². The fourth-order valence-electron chi connectivity index (χ4n) is 1.86. The molecule has 0 unspecified atom stereocenters. The molecular weight excluding hydrogens is 259 g/mol. The minimum Gasteiger partial charge on any atom is -0.441 e. The largest absolute Gasteiger partial charge is 0.441 e. The van der Waals surface area contributed by atoms with Crippen LogP contribution in [0.3, 0.4) is 0 Å². The summed E-state index contributed by atoms with van der Waals surface area (Å²) >= 11 is 11.9. The lowest BCUT2D eigenvalue weighted by atomic mass is 10.3. The van der Waals surface area contributed by atoms with Gasteiger partial charge < -0.3 is 4.42 Å². The van der Waals surface area contributed by atoms with Gasteiger partial charge in [-0.3, -0.25) is 4.40 Å². The maximum atomic E-state index is 6.10. The number of nitrogens with zero attached hydrogens (tertiary/aromatic N) is 2. The number of hydrogen-bond donors (Lipinski definition) is 0. The summed E-state index contributed by atoms with van der Waals surface area (Å²) in [6, 6.07) is 9.30. The minimum absolute atomic E-state index is 0.335. The summed E-state index contributed by atoms with van der Waals surface area (Å²) < 4.78 is 7.31. The highest BCUT2D eigenvalue weighted by atomic mass is 35.5. The topological polar surface area (TPSA) is 30.4 Å². The second-order valence-corrected chi connectivity index (χ2v) is 4.45. The number of hydrogen-bond acceptors (Lipinski definition) is 2. The van der Waals surface area contributed by atoms with E-state index in [0.29, 0.717) is 22.0 Å². The maximum absolute atomic E-state index is 6.10. The lowest BCUT2D eigenvalue weighted by Crippen LogP contribution is -1.92.